The second-order valence-corrected chi connectivity index (χ2v) is 7.41. The van der Waals surface area contributed by atoms with E-state index in [0.29, 0.717) is 0 Å². The molecular weight excluding hydrogens is 387 g/mol. The monoisotopic (exact) mass is 422 g/mol. The molecule has 5 heteroatoms. The highest BCUT2D eigenvalue weighted by molar-refractivity contribution is 14.0. The summed E-state index contributed by atoms with van der Waals surface area (Å²) in [7, 11) is 4.15. The van der Waals surface area contributed by atoms with Crippen LogP contribution in [-0.4, -0.2) is 62.6 Å². The minimum absolute atomic E-state index is 0. The lowest BCUT2D eigenvalue weighted by Crippen LogP contribution is -2.43. The van der Waals surface area contributed by atoms with Crippen molar-refractivity contribution in [3.8, 4) is 0 Å². The number of hydrogen-bond donors (Lipinski definition) is 1. The quantitative estimate of drug-likeness (QED) is 0.430. The van der Waals surface area contributed by atoms with E-state index in [9.17, 15) is 0 Å². The Balaban J connectivity index is 0.00000242. The average molecular weight is 422 g/mol. The largest absolute Gasteiger partial charge is 0.356 e. The smallest absolute Gasteiger partial charge is 0.193 e. The summed E-state index contributed by atoms with van der Waals surface area (Å²) in [5.41, 5.74) is 0. The van der Waals surface area contributed by atoms with Crippen LogP contribution in [0.3, 0.4) is 0 Å². The van der Waals surface area contributed by atoms with Gasteiger partial charge in [0.2, 0.25) is 0 Å². The van der Waals surface area contributed by atoms with E-state index in [0.717, 1.165) is 30.3 Å². The molecule has 2 saturated heterocycles. The van der Waals surface area contributed by atoms with Gasteiger partial charge in [0.25, 0.3) is 0 Å². The summed E-state index contributed by atoms with van der Waals surface area (Å²) in [4.78, 5) is 9.40. The number of halogens is 1. The first-order valence-corrected chi connectivity index (χ1v) is 8.72. The fourth-order valence-corrected chi connectivity index (χ4v) is 3.72. The summed E-state index contributed by atoms with van der Waals surface area (Å²) in [5.74, 6) is 3.60. The summed E-state index contributed by atoms with van der Waals surface area (Å²) >= 11 is 0. The van der Waals surface area contributed by atoms with Crippen molar-refractivity contribution < 1.29 is 0 Å². The first-order valence-electron chi connectivity index (χ1n) is 8.72. The minimum atomic E-state index is 0. The Labute approximate surface area is 154 Å². The van der Waals surface area contributed by atoms with E-state index < -0.39 is 0 Å². The maximum Gasteiger partial charge on any atom is 0.193 e. The van der Waals surface area contributed by atoms with E-state index in [4.69, 9.17) is 0 Å². The number of aliphatic imine (C=N–C) groups is 1. The van der Waals surface area contributed by atoms with Gasteiger partial charge in [0.1, 0.15) is 0 Å². The second-order valence-electron chi connectivity index (χ2n) is 7.41. The minimum Gasteiger partial charge on any atom is -0.356 e. The summed E-state index contributed by atoms with van der Waals surface area (Å²) in [6.45, 7) is 10.6. The number of nitrogens with zero attached hydrogens (tertiary/aromatic N) is 3. The maximum atomic E-state index is 4.50. The van der Waals surface area contributed by atoms with Crippen molar-refractivity contribution in [3.63, 3.8) is 0 Å². The Hall–Kier alpha value is -0.0400. The highest BCUT2D eigenvalue weighted by Gasteiger charge is 2.26. The molecule has 0 aromatic carbocycles. The van der Waals surface area contributed by atoms with Crippen LogP contribution in [0, 0.1) is 17.8 Å². The molecule has 0 radical (unpaired) electrons. The third kappa shape index (κ3) is 6.22. The molecule has 2 fully saturated rings. The molecule has 0 aliphatic carbocycles. The van der Waals surface area contributed by atoms with Gasteiger partial charge in [0, 0.05) is 26.7 Å². The molecule has 22 heavy (non-hydrogen) atoms. The number of hydrogen-bond acceptors (Lipinski definition) is 2. The normalized spacial score (nSPS) is 24.7. The van der Waals surface area contributed by atoms with Crippen LogP contribution in [0.1, 0.15) is 39.5 Å². The summed E-state index contributed by atoms with van der Waals surface area (Å²) in [6, 6.07) is 0. The lowest BCUT2D eigenvalue weighted by atomic mass is 9.97. The number of piperidine rings is 1. The van der Waals surface area contributed by atoms with Crippen molar-refractivity contribution in [1.29, 1.82) is 0 Å². The van der Waals surface area contributed by atoms with E-state index in [1.165, 1.54) is 51.9 Å². The fraction of sp³-hybridized carbons (Fsp3) is 0.941. The molecule has 0 bridgehead atoms. The van der Waals surface area contributed by atoms with Crippen LogP contribution in [0.4, 0.5) is 0 Å². The standard InChI is InChI=1S/C17H34N4.HI/c1-14(2)11-16-7-10-21(13-16)17(18-3)19-12-15-5-8-20(4)9-6-15;/h14-16H,5-13H2,1-4H3,(H,18,19);1H. The maximum absolute atomic E-state index is 4.50. The Morgan fingerprint density at radius 3 is 2.36 bits per heavy atom. The number of rotatable bonds is 4. The molecule has 2 heterocycles. The molecule has 4 nitrogen and oxygen atoms in total. The van der Waals surface area contributed by atoms with Crippen LogP contribution in [-0.2, 0) is 0 Å². The van der Waals surface area contributed by atoms with E-state index in [-0.39, 0.29) is 24.0 Å². The fourth-order valence-electron chi connectivity index (χ4n) is 3.72. The van der Waals surface area contributed by atoms with E-state index >= 15 is 0 Å². The molecule has 1 unspecified atom stereocenters. The second kappa shape index (κ2) is 9.96. The summed E-state index contributed by atoms with van der Waals surface area (Å²) in [6.07, 6.45) is 5.31. The number of nitrogens with one attached hydrogen (secondary N) is 1. The van der Waals surface area contributed by atoms with Gasteiger partial charge < -0.3 is 15.1 Å². The van der Waals surface area contributed by atoms with Crippen molar-refractivity contribution in [2.24, 2.45) is 22.7 Å². The third-order valence-corrected chi connectivity index (χ3v) is 4.99. The van der Waals surface area contributed by atoms with Gasteiger partial charge in [-0.25, -0.2) is 0 Å². The van der Waals surface area contributed by atoms with Gasteiger partial charge in [-0.3, -0.25) is 4.99 Å². The van der Waals surface area contributed by atoms with Crippen LogP contribution in [0.25, 0.3) is 0 Å². The van der Waals surface area contributed by atoms with E-state index in [1.54, 1.807) is 0 Å². The lowest BCUT2D eigenvalue weighted by Gasteiger charge is -2.30. The Bertz CT molecular complexity index is 338. The third-order valence-electron chi connectivity index (χ3n) is 4.99. The van der Waals surface area contributed by atoms with Crippen LogP contribution in [0.2, 0.25) is 0 Å². The van der Waals surface area contributed by atoms with E-state index in [1.807, 2.05) is 7.05 Å². The zero-order valence-electron chi connectivity index (χ0n) is 14.8. The molecule has 2 aliphatic heterocycles. The molecular formula is C17H35IN4. The summed E-state index contributed by atoms with van der Waals surface area (Å²) in [5, 5.41) is 3.63. The molecule has 130 valence electrons. The molecule has 0 saturated carbocycles. The first kappa shape index (κ1) is 20.0. The molecule has 2 aliphatic rings. The first-order chi connectivity index (χ1) is 10.1. The van der Waals surface area contributed by atoms with Crippen molar-refractivity contribution >= 4 is 29.9 Å². The van der Waals surface area contributed by atoms with Gasteiger partial charge in [0.05, 0.1) is 0 Å². The Morgan fingerprint density at radius 2 is 1.77 bits per heavy atom. The predicted octanol–water partition coefficient (Wildman–Crippen LogP) is 2.89. The molecule has 1 atom stereocenters. The summed E-state index contributed by atoms with van der Waals surface area (Å²) < 4.78 is 0. The van der Waals surface area contributed by atoms with Crippen LogP contribution in [0.15, 0.2) is 4.99 Å². The zero-order chi connectivity index (χ0) is 15.2. The van der Waals surface area contributed by atoms with Crippen molar-refractivity contribution in [3.05, 3.63) is 0 Å². The Kier molecular flexibility index (Phi) is 9.05. The van der Waals surface area contributed by atoms with Crippen molar-refractivity contribution in [2.75, 3.05) is 46.8 Å². The molecule has 0 aromatic heterocycles. The van der Waals surface area contributed by atoms with Gasteiger partial charge >= 0.3 is 0 Å². The topological polar surface area (TPSA) is 30.9 Å². The van der Waals surface area contributed by atoms with Crippen molar-refractivity contribution in [1.82, 2.24) is 15.1 Å². The highest BCUT2D eigenvalue weighted by atomic mass is 127. The molecule has 2 rings (SSSR count). The lowest BCUT2D eigenvalue weighted by molar-refractivity contribution is 0.219. The molecule has 0 aromatic rings. The number of guanidine groups is 1. The van der Waals surface area contributed by atoms with Crippen LogP contribution >= 0.6 is 24.0 Å². The highest BCUT2D eigenvalue weighted by Crippen LogP contribution is 2.23. The van der Waals surface area contributed by atoms with Crippen molar-refractivity contribution in [2.45, 2.75) is 39.5 Å². The van der Waals surface area contributed by atoms with Crippen LogP contribution in [0.5, 0.6) is 0 Å². The van der Waals surface area contributed by atoms with Gasteiger partial charge in [-0.2, -0.15) is 0 Å². The Morgan fingerprint density at radius 1 is 1.14 bits per heavy atom. The number of likely N-dealkylation sites (tertiary alicyclic amines) is 2. The molecule has 0 spiro atoms. The van der Waals surface area contributed by atoms with Gasteiger partial charge in [-0.15, -0.1) is 24.0 Å². The van der Waals surface area contributed by atoms with Gasteiger partial charge in [-0.1, -0.05) is 13.8 Å². The molecule has 0 amide bonds. The van der Waals surface area contributed by atoms with Gasteiger partial charge in [0.15, 0.2) is 5.96 Å². The SMILES string of the molecule is CN=C(NCC1CCN(C)CC1)N1CCC(CC(C)C)C1.I. The van der Waals surface area contributed by atoms with E-state index in [2.05, 4.69) is 41.0 Å². The van der Waals surface area contributed by atoms with Crippen LogP contribution < -0.4 is 5.32 Å². The average Bonchev–Trinajstić information content (AvgIpc) is 2.89. The zero-order valence-corrected chi connectivity index (χ0v) is 17.2. The molecule has 1 N–H and O–H groups in total. The predicted molar refractivity (Wildman–Crippen MR) is 106 cm³/mol. The van der Waals surface area contributed by atoms with Gasteiger partial charge in [-0.05, 0) is 63.6 Å².